The Morgan fingerprint density at radius 3 is 2.72 bits per heavy atom. The van der Waals surface area contributed by atoms with Gasteiger partial charge in [-0.3, -0.25) is 4.79 Å². The highest BCUT2D eigenvalue weighted by molar-refractivity contribution is 5.93. The lowest BCUT2D eigenvalue weighted by Gasteiger charge is -2.12. The number of nitrogens with one attached hydrogen (secondary N) is 1. The van der Waals surface area contributed by atoms with E-state index in [4.69, 9.17) is 13.9 Å². The molecule has 1 aromatic carbocycles. The Balaban J connectivity index is 1.66. The third kappa shape index (κ3) is 6.48. The summed E-state index contributed by atoms with van der Waals surface area (Å²) >= 11 is 0. The molecule has 0 saturated heterocycles. The molecular formula is C18H22N2O5. The maximum absolute atomic E-state index is 11.8. The summed E-state index contributed by atoms with van der Waals surface area (Å²) in [6, 6.07) is 10.2. The molecule has 7 heteroatoms. The number of nitroso groups, excluding NO2 is 1. The minimum Gasteiger partial charge on any atom is -0.491 e. The smallest absolute Gasteiger partial charge is 0.199 e. The number of Topliss-reactive ketones (excluding diaryl/α,β-unsaturated/α-hetero) is 1. The van der Waals surface area contributed by atoms with Crippen molar-refractivity contribution in [3.8, 4) is 5.75 Å². The van der Waals surface area contributed by atoms with Crippen LogP contribution in [0.5, 0.6) is 5.75 Å². The average Bonchev–Trinajstić information content (AvgIpc) is 3.17. The molecule has 0 saturated carbocycles. The van der Waals surface area contributed by atoms with Crippen LogP contribution in [0.1, 0.15) is 22.5 Å². The third-order valence-corrected chi connectivity index (χ3v) is 3.53. The Labute approximate surface area is 146 Å². The lowest BCUT2D eigenvalue weighted by Crippen LogP contribution is -2.31. The number of methoxy groups -OCH3 is 1. The molecule has 1 aromatic heterocycles. The Morgan fingerprint density at radius 2 is 2.08 bits per heavy atom. The van der Waals surface area contributed by atoms with Gasteiger partial charge in [0.25, 0.3) is 0 Å². The van der Waals surface area contributed by atoms with Crippen molar-refractivity contribution in [1.82, 2.24) is 5.32 Å². The molecule has 1 atom stereocenters. The number of hydrogen-bond donors (Lipinski definition) is 1. The van der Waals surface area contributed by atoms with Crippen LogP contribution in [-0.2, 0) is 11.3 Å². The van der Waals surface area contributed by atoms with Gasteiger partial charge in [-0.25, -0.2) is 0 Å². The molecule has 0 bridgehead atoms. The molecule has 0 aliphatic rings. The van der Waals surface area contributed by atoms with Crippen molar-refractivity contribution in [3.05, 3.63) is 58.9 Å². The minimum absolute atomic E-state index is 0.0829. The van der Waals surface area contributed by atoms with E-state index in [1.165, 1.54) is 6.26 Å². The number of furan rings is 1. The average molecular weight is 346 g/mol. The van der Waals surface area contributed by atoms with E-state index in [2.05, 4.69) is 10.5 Å². The van der Waals surface area contributed by atoms with E-state index >= 15 is 0 Å². The lowest BCUT2D eigenvalue weighted by molar-refractivity contribution is 0.0955. The minimum atomic E-state index is -0.530. The van der Waals surface area contributed by atoms with Crippen LogP contribution >= 0.6 is 0 Å². The highest BCUT2D eigenvalue weighted by Crippen LogP contribution is 2.13. The van der Waals surface area contributed by atoms with Gasteiger partial charge in [0.05, 0.1) is 12.9 Å². The summed E-state index contributed by atoms with van der Waals surface area (Å²) in [4.78, 5) is 22.7. The molecule has 134 valence electrons. The Kier molecular flexibility index (Phi) is 7.81. The van der Waals surface area contributed by atoms with Crippen LogP contribution in [-0.4, -0.2) is 38.6 Å². The van der Waals surface area contributed by atoms with Crippen molar-refractivity contribution in [1.29, 1.82) is 0 Å². The molecule has 0 aliphatic heterocycles. The normalized spacial score (nSPS) is 11.9. The number of ether oxygens (including phenoxy) is 2. The van der Waals surface area contributed by atoms with Gasteiger partial charge in [-0.1, -0.05) is 17.3 Å². The first-order valence-corrected chi connectivity index (χ1v) is 8.03. The van der Waals surface area contributed by atoms with Gasteiger partial charge in [-0.05, 0) is 29.8 Å². The molecule has 0 fully saturated rings. The third-order valence-electron chi connectivity index (χ3n) is 3.53. The summed E-state index contributed by atoms with van der Waals surface area (Å²) in [5.41, 5.74) is 1.04. The van der Waals surface area contributed by atoms with Gasteiger partial charge in [0.2, 0.25) is 0 Å². The van der Waals surface area contributed by atoms with Gasteiger partial charge in [0.1, 0.15) is 18.4 Å². The number of ketones is 1. The molecule has 1 N–H and O–H groups in total. The second-order valence-corrected chi connectivity index (χ2v) is 5.50. The summed E-state index contributed by atoms with van der Waals surface area (Å²) in [6.45, 7) is 1.50. The van der Waals surface area contributed by atoms with E-state index in [0.29, 0.717) is 37.6 Å². The van der Waals surface area contributed by atoms with E-state index in [1.54, 1.807) is 19.2 Å². The molecule has 2 rings (SSSR count). The van der Waals surface area contributed by atoms with Gasteiger partial charge in [0.15, 0.2) is 11.5 Å². The second kappa shape index (κ2) is 10.4. The van der Waals surface area contributed by atoms with E-state index in [1.807, 2.05) is 24.3 Å². The highest BCUT2D eigenvalue weighted by Gasteiger charge is 2.11. The highest BCUT2D eigenvalue weighted by atomic mass is 16.5. The fourth-order valence-electron chi connectivity index (χ4n) is 2.20. The SMILES string of the molecule is COCc1ccc(OCC(CNCCC(=O)c2ccco2)N=O)cc1. The molecule has 0 spiro atoms. The van der Waals surface area contributed by atoms with Crippen LogP contribution in [0.2, 0.25) is 0 Å². The number of carbonyl (C=O) groups excluding carboxylic acids is 1. The zero-order valence-corrected chi connectivity index (χ0v) is 14.1. The van der Waals surface area contributed by atoms with Gasteiger partial charge in [-0.2, -0.15) is 4.91 Å². The zero-order valence-electron chi connectivity index (χ0n) is 14.1. The molecule has 1 unspecified atom stereocenters. The quantitative estimate of drug-likeness (QED) is 0.361. The van der Waals surface area contributed by atoms with Crippen LogP contribution in [0.25, 0.3) is 0 Å². The van der Waals surface area contributed by atoms with Crippen molar-refractivity contribution in [3.63, 3.8) is 0 Å². The maximum atomic E-state index is 11.8. The van der Waals surface area contributed by atoms with Crippen molar-refractivity contribution in [2.24, 2.45) is 5.18 Å². The Bertz CT molecular complexity index is 640. The van der Waals surface area contributed by atoms with Crippen LogP contribution < -0.4 is 10.1 Å². The molecule has 0 aliphatic carbocycles. The molecule has 0 radical (unpaired) electrons. The number of carbonyl (C=O) groups is 1. The molecule has 0 amide bonds. The number of hydrogen-bond acceptors (Lipinski definition) is 7. The van der Waals surface area contributed by atoms with Crippen LogP contribution in [0.15, 0.2) is 52.3 Å². The largest absolute Gasteiger partial charge is 0.491 e. The fraction of sp³-hybridized carbons (Fsp3) is 0.389. The van der Waals surface area contributed by atoms with Crippen LogP contribution in [0, 0.1) is 4.91 Å². The maximum Gasteiger partial charge on any atom is 0.199 e. The topological polar surface area (TPSA) is 90.1 Å². The molecule has 25 heavy (non-hydrogen) atoms. The van der Waals surface area contributed by atoms with Gasteiger partial charge in [0, 0.05) is 26.6 Å². The van der Waals surface area contributed by atoms with E-state index in [-0.39, 0.29) is 12.4 Å². The number of rotatable bonds is 12. The number of nitrogens with zero attached hydrogens (tertiary/aromatic N) is 1. The standard InChI is InChI=1S/C18H22N2O5/c1-23-12-14-4-6-16(7-5-14)25-13-15(20-22)11-19-9-8-17(21)18-3-2-10-24-18/h2-7,10,15,19H,8-9,11-13H2,1H3. The van der Waals surface area contributed by atoms with E-state index in [9.17, 15) is 9.70 Å². The zero-order chi connectivity index (χ0) is 17.9. The van der Waals surface area contributed by atoms with Crippen molar-refractivity contribution in [2.75, 3.05) is 26.8 Å². The first-order chi connectivity index (χ1) is 12.2. The summed E-state index contributed by atoms with van der Waals surface area (Å²) in [6.07, 6.45) is 1.76. The lowest BCUT2D eigenvalue weighted by atomic mass is 10.2. The fourth-order valence-corrected chi connectivity index (χ4v) is 2.20. The summed E-state index contributed by atoms with van der Waals surface area (Å²) in [5, 5.41) is 6.09. The molecule has 1 heterocycles. The van der Waals surface area contributed by atoms with Gasteiger partial charge >= 0.3 is 0 Å². The Hall–Kier alpha value is -2.51. The Morgan fingerprint density at radius 1 is 1.28 bits per heavy atom. The van der Waals surface area contributed by atoms with Gasteiger partial charge in [-0.15, -0.1) is 0 Å². The first-order valence-electron chi connectivity index (χ1n) is 8.03. The van der Waals surface area contributed by atoms with Crippen LogP contribution in [0.4, 0.5) is 0 Å². The van der Waals surface area contributed by atoms with E-state index < -0.39 is 6.04 Å². The van der Waals surface area contributed by atoms with Crippen molar-refractivity contribution in [2.45, 2.75) is 19.1 Å². The monoisotopic (exact) mass is 346 g/mol. The van der Waals surface area contributed by atoms with Crippen LogP contribution in [0.3, 0.4) is 0 Å². The molecule has 7 nitrogen and oxygen atoms in total. The first kappa shape index (κ1) is 18.8. The predicted octanol–water partition coefficient (Wildman–Crippen LogP) is 2.80. The predicted molar refractivity (Wildman–Crippen MR) is 92.8 cm³/mol. The summed E-state index contributed by atoms with van der Waals surface area (Å²) in [5.74, 6) is 0.925. The molecular weight excluding hydrogens is 324 g/mol. The number of benzene rings is 1. The summed E-state index contributed by atoms with van der Waals surface area (Å²) in [7, 11) is 1.64. The van der Waals surface area contributed by atoms with Crippen molar-refractivity contribution >= 4 is 5.78 Å². The van der Waals surface area contributed by atoms with Gasteiger partial charge < -0.3 is 19.2 Å². The summed E-state index contributed by atoms with van der Waals surface area (Å²) < 4.78 is 15.6. The molecule has 2 aromatic rings. The van der Waals surface area contributed by atoms with E-state index in [0.717, 1.165) is 5.56 Å². The second-order valence-electron chi connectivity index (χ2n) is 5.50. The van der Waals surface area contributed by atoms with Crippen molar-refractivity contribution < 1.29 is 18.7 Å².